The van der Waals surface area contributed by atoms with Gasteiger partial charge in [0, 0.05) is 12.7 Å². The van der Waals surface area contributed by atoms with Crippen molar-refractivity contribution in [3.05, 3.63) is 90.2 Å². The van der Waals surface area contributed by atoms with Crippen molar-refractivity contribution in [1.29, 1.82) is 0 Å². The second kappa shape index (κ2) is 7.59. The molecule has 1 amide bonds. The first kappa shape index (κ1) is 18.6. The van der Waals surface area contributed by atoms with Crippen LogP contribution in [0.4, 0.5) is 15.8 Å². The quantitative estimate of drug-likeness (QED) is 0.725. The average Bonchev–Trinajstić information content (AvgIpc) is 2.69. The molecule has 0 aliphatic rings. The van der Waals surface area contributed by atoms with Gasteiger partial charge in [-0.05, 0) is 48.5 Å². The lowest BCUT2D eigenvalue weighted by molar-refractivity contribution is 0.102. The van der Waals surface area contributed by atoms with Gasteiger partial charge >= 0.3 is 0 Å². The topological polar surface area (TPSA) is 66.5 Å². The zero-order chi connectivity index (χ0) is 19.4. The Bertz CT molecular complexity index is 1050. The summed E-state index contributed by atoms with van der Waals surface area (Å²) in [5.74, 6) is -0.908. The van der Waals surface area contributed by atoms with Crippen molar-refractivity contribution in [2.45, 2.75) is 4.90 Å². The fourth-order valence-corrected chi connectivity index (χ4v) is 3.79. The molecular formula is C20H17FN2O3S. The van der Waals surface area contributed by atoms with Crippen LogP contribution in [-0.4, -0.2) is 21.4 Å². The standard InChI is InChI=1S/C20H17FN2O3S/c1-23(27(25,26)17-7-3-2-4-8-17)19-10-6-5-9-18(19)20(24)22-16-13-11-15(21)12-14-16/h2-14H,1H3,(H,22,24). The fourth-order valence-electron chi connectivity index (χ4n) is 2.55. The van der Waals surface area contributed by atoms with E-state index in [1.54, 1.807) is 36.4 Å². The van der Waals surface area contributed by atoms with E-state index in [-0.39, 0.29) is 16.1 Å². The van der Waals surface area contributed by atoms with E-state index in [1.807, 2.05) is 0 Å². The molecular weight excluding hydrogens is 367 g/mol. The highest BCUT2D eigenvalue weighted by molar-refractivity contribution is 7.92. The minimum Gasteiger partial charge on any atom is -0.322 e. The van der Waals surface area contributed by atoms with Crippen molar-refractivity contribution in [2.24, 2.45) is 0 Å². The predicted octanol–water partition coefficient (Wildman–Crippen LogP) is 3.90. The predicted molar refractivity (Wildman–Crippen MR) is 103 cm³/mol. The van der Waals surface area contributed by atoms with Gasteiger partial charge in [0.15, 0.2) is 0 Å². The number of rotatable bonds is 5. The van der Waals surface area contributed by atoms with Crippen LogP contribution in [0.15, 0.2) is 83.8 Å². The van der Waals surface area contributed by atoms with E-state index in [0.717, 1.165) is 4.31 Å². The minimum absolute atomic E-state index is 0.126. The lowest BCUT2D eigenvalue weighted by Crippen LogP contribution is -2.29. The number of anilines is 2. The summed E-state index contributed by atoms with van der Waals surface area (Å²) in [7, 11) is -2.43. The van der Waals surface area contributed by atoms with E-state index in [2.05, 4.69) is 5.32 Å². The molecule has 3 aromatic rings. The lowest BCUT2D eigenvalue weighted by atomic mass is 10.1. The number of halogens is 1. The molecule has 0 fully saturated rings. The van der Waals surface area contributed by atoms with Gasteiger partial charge in [-0.15, -0.1) is 0 Å². The Morgan fingerprint density at radius 1 is 0.889 bits per heavy atom. The second-order valence-corrected chi connectivity index (χ2v) is 7.73. The highest BCUT2D eigenvalue weighted by atomic mass is 32.2. The van der Waals surface area contributed by atoms with Gasteiger partial charge in [-0.25, -0.2) is 12.8 Å². The number of nitrogens with zero attached hydrogens (tertiary/aromatic N) is 1. The molecule has 0 heterocycles. The number of nitrogens with one attached hydrogen (secondary N) is 1. The van der Waals surface area contributed by atoms with Gasteiger partial charge in [-0.1, -0.05) is 30.3 Å². The van der Waals surface area contributed by atoms with Crippen LogP contribution < -0.4 is 9.62 Å². The van der Waals surface area contributed by atoms with Crippen molar-refractivity contribution in [3.8, 4) is 0 Å². The van der Waals surface area contributed by atoms with Crippen molar-refractivity contribution in [2.75, 3.05) is 16.7 Å². The first-order chi connectivity index (χ1) is 12.9. The van der Waals surface area contributed by atoms with Crippen LogP contribution >= 0.6 is 0 Å². The molecule has 7 heteroatoms. The molecule has 0 unspecified atom stereocenters. The molecule has 0 aromatic heterocycles. The van der Waals surface area contributed by atoms with Crippen molar-refractivity contribution < 1.29 is 17.6 Å². The summed E-state index contributed by atoms with van der Waals surface area (Å²) in [5.41, 5.74) is 0.828. The molecule has 0 saturated carbocycles. The monoisotopic (exact) mass is 384 g/mol. The van der Waals surface area contributed by atoms with Gasteiger partial charge in [-0.2, -0.15) is 0 Å². The summed E-state index contributed by atoms with van der Waals surface area (Å²) in [4.78, 5) is 12.8. The van der Waals surface area contributed by atoms with Crippen LogP contribution in [0.25, 0.3) is 0 Å². The van der Waals surface area contributed by atoms with Gasteiger partial charge < -0.3 is 5.32 Å². The Kier molecular flexibility index (Phi) is 5.23. The van der Waals surface area contributed by atoms with Crippen LogP contribution in [0, 0.1) is 5.82 Å². The number of hydrogen-bond acceptors (Lipinski definition) is 3. The molecule has 3 aromatic carbocycles. The molecule has 1 N–H and O–H groups in total. The second-order valence-electron chi connectivity index (χ2n) is 5.76. The molecule has 0 aliphatic carbocycles. The maximum absolute atomic E-state index is 13.0. The third-order valence-corrected chi connectivity index (χ3v) is 5.78. The van der Waals surface area contributed by atoms with E-state index in [9.17, 15) is 17.6 Å². The van der Waals surface area contributed by atoms with Crippen LogP contribution in [0.3, 0.4) is 0 Å². The maximum Gasteiger partial charge on any atom is 0.264 e. The van der Waals surface area contributed by atoms with Gasteiger partial charge in [0.05, 0.1) is 16.1 Å². The molecule has 3 rings (SSSR count). The summed E-state index contributed by atoms with van der Waals surface area (Å²) in [6, 6.07) is 19.7. The zero-order valence-electron chi connectivity index (χ0n) is 14.5. The minimum atomic E-state index is -3.82. The number of para-hydroxylation sites is 1. The third kappa shape index (κ3) is 3.98. The largest absolute Gasteiger partial charge is 0.322 e. The maximum atomic E-state index is 13.0. The Balaban J connectivity index is 1.93. The first-order valence-electron chi connectivity index (χ1n) is 8.09. The van der Waals surface area contributed by atoms with Crippen LogP contribution in [-0.2, 0) is 10.0 Å². The van der Waals surface area contributed by atoms with Crippen LogP contribution in [0.2, 0.25) is 0 Å². The Labute approximate surface area is 157 Å². The Morgan fingerprint density at radius 3 is 2.15 bits per heavy atom. The van der Waals surface area contributed by atoms with E-state index < -0.39 is 21.7 Å². The molecule has 27 heavy (non-hydrogen) atoms. The van der Waals surface area contributed by atoms with Gasteiger partial charge in [0.1, 0.15) is 5.82 Å². The zero-order valence-corrected chi connectivity index (χ0v) is 15.3. The molecule has 0 aliphatic heterocycles. The summed E-state index contributed by atoms with van der Waals surface area (Å²) in [6.45, 7) is 0. The molecule has 0 bridgehead atoms. The molecule has 5 nitrogen and oxygen atoms in total. The lowest BCUT2D eigenvalue weighted by Gasteiger charge is -2.22. The van der Waals surface area contributed by atoms with Crippen molar-refractivity contribution >= 4 is 27.3 Å². The average molecular weight is 384 g/mol. The summed E-state index contributed by atoms with van der Waals surface area (Å²) in [6.07, 6.45) is 0. The normalized spacial score (nSPS) is 11.0. The fraction of sp³-hybridized carbons (Fsp3) is 0.0500. The van der Waals surface area contributed by atoms with Crippen LogP contribution in [0.1, 0.15) is 10.4 Å². The molecule has 0 saturated heterocycles. The molecule has 0 radical (unpaired) electrons. The van der Waals surface area contributed by atoms with Crippen molar-refractivity contribution in [3.63, 3.8) is 0 Å². The van der Waals surface area contributed by atoms with Gasteiger partial charge in [0.2, 0.25) is 0 Å². The number of amides is 1. The van der Waals surface area contributed by atoms with E-state index in [4.69, 9.17) is 0 Å². The number of benzene rings is 3. The van der Waals surface area contributed by atoms with E-state index in [0.29, 0.717) is 5.69 Å². The summed E-state index contributed by atoms with van der Waals surface area (Å²) >= 11 is 0. The van der Waals surface area contributed by atoms with E-state index in [1.165, 1.54) is 49.5 Å². The van der Waals surface area contributed by atoms with Gasteiger partial charge in [0.25, 0.3) is 15.9 Å². The highest BCUT2D eigenvalue weighted by Gasteiger charge is 2.24. The molecule has 0 spiro atoms. The Morgan fingerprint density at radius 2 is 1.48 bits per heavy atom. The number of sulfonamides is 1. The smallest absolute Gasteiger partial charge is 0.264 e. The number of carbonyl (C=O) groups is 1. The molecule has 138 valence electrons. The SMILES string of the molecule is CN(c1ccccc1C(=O)Nc1ccc(F)cc1)S(=O)(=O)c1ccccc1. The van der Waals surface area contributed by atoms with Crippen LogP contribution in [0.5, 0.6) is 0 Å². The molecule has 0 atom stereocenters. The summed E-state index contributed by atoms with van der Waals surface area (Å²) in [5, 5.41) is 2.64. The number of hydrogen-bond donors (Lipinski definition) is 1. The van der Waals surface area contributed by atoms with Crippen molar-refractivity contribution in [1.82, 2.24) is 0 Å². The third-order valence-electron chi connectivity index (χ3n) is 3.99. The van der Waals surface area contributed by atoms with E-state index >= 15 is 0 Å². The Hall–Kier alpha value is -3.19. The summed E-state index contributed by atoms with van der Waals surface area (Å²) < 4.78 is 39.8. The highest BCUT2D eigenvalue weighted by Crippen LogP contribution is 2.26. The number of carbonyl (C=O) groups excluding carboxylic acids is 1. The first-order valence-corrected chi connectivity index (χ1v) is 9.53. The van der Waals surface area contributed by atoms with Gasteiger partial charge in [-0.3, -0.25) is 9.10 Å².